The maximum Gasteiger partial charge on any atom is 0.148 e. The Bertz CT molecular complexity index is 750. The molecule has 0 unspecified atom stereocenters. The Morgan fingerprint density at radius 3 is 2.19 bits per heavy atom. The summed E-state index contributed by atoms with van der Waals surface area (Å²) in [6.07, 6.45) is 0. The highest BCUT2D eigenvalue weighted by atomic mass is 15.0. The molecule has 0 saturated heterocycles. The minimum Gasteiger partial charge on any atom is -0.364 e. The summed E-state index contributed by atoms with van der Waals surface area (Å²) < 4.78 is 0. The number of hydrogen-bond donors (Lipinski definition) is 2. The molecule has 0 fully saturated rings. The van der Waals surface area contributed by atoms with E-state index in [1.807, 2.05) is 31.2 Å². The van der Waals surface area contributed by atoms with Crippen molar-refractivity contribution in [3.05, 3.63) is 65.4 Å². The summed E-state index contributed by atoms with van der Waals surface area (Å²) in [7, 11) is 0. The number of para-hydroxylation sites is 2. The first kappa shape index (κ1) is 13.5. The van der Waals surface area contributed by atoms with Gasteiger partial charge in [0.25, 0.3) is 0 Å². The third kappa shape index (κ3) is 3.01. The predicted molar refractivity (Wildman–Crippen MR) is 85.9 cm³/mol. The average molecular weight is 278 g/mol. The van der Waals surface area contributed by atoms with Gasteiger partial charge in [0.2, 0.25) is 0 Å². The second-order valence-electron chi connectivity index (χ2n) is 5.02. The summed E-state index contributed by atoms with van der Waals surface area (Å²) in [6.45, 7) is 3.26. The molecule has 0 aliphatic rings. The minimum atomic E-state index is 0.572. The normalized spacial score (nSPS) is 10.8. The van der Waals surface area contributed by atoms with E-state index in [1.54, 1.807) is 0 Å². The van der Waals surface area contributed by atoms with Crippen molar-refractivity contribution in [3.63, 3.8) is 0 Å². The fourth-order valence-electron chi connectivity index (χ4n) is 2.23. The average Bonchev–Trinajstić information content (AvgIpc) is 2.53. The van der Waals surface area contributed by atoms with Crippen molar-refractivity contribution in [3.8, 4) is 0 Å². The van der Waals surface area contributed by atoms with Crippen molar-refractivity contribution in [1.82, 2.24) is 9.97 Å². The van der Waals surface area contributed by atoms with E-state index in [0.717, 1.165) is 34.7 Å². The van der Waals surface area contributed by atoms with Gasteiger partial charge >= 0.3 is 0 Å². The highest BCUT2D eigenvalue weighted by molar-refractivity contribution is 5.76. The van der Waals surface area contributed by atoms with Crippen LogP contribution in [0.5, 0.6) is 0 Å². The molecular weight excluding hydrogens is 260 g/mol. The van der Waals surface area contributed by atoms with Crippen LogP contribution in [0.4, 0.5) is 5.82 Å². The molecule has 4 heteroatoms. The zero-order valence-electron chi connectivity index (χ0n) is 12.0. The van der Waals surface area contributed by atoms with Gasteiger partial charge in [0.1, 0.15) is 5.82 Å². The Labute approximate surface area is 124 Å². The first-order chi connectivity index (χ1) is 10.3. The van der Waals surface area contributed by atoms with Crippen LogP contribution in [0, 0.1) is 6.92 Å². The molecule has 1 aromatic heterocycles. The number of rotatable bonds is 4. The van der Waals surface area contributed by atoms with E-state index in [-0.39, 0.29) is 0 Å². The van der Waals surface area contributed by atoms with Crippen LogP contribution in [0.25, 0.3) is 11.0 Å². The Morgan fingerprint density at radius 2 is 1.52 bits per heavy atom. The van der Waals surface area contributed by atoms with Gasteiger partial charge in [0, 0.05) is 13.1 Å². The lowest BCUT2D eigenvalue weighted by molar-refractivity contribution is 1.05. The SMILES string of the molecule is Cc1nc2ccccc2nc1NCc1ccc(CN)cc1. The van der Waals surface area contributed by atoms with Crippen molar-refractivity contribution < 1.29 is 0 Å². The number of hydrogen-bond acceptors (Lipinski definition) is 4. The third-order valence-electron chi connectivity index (χ3n) is 3.46. The molecule has 0 amide bonds. The number of anilines is 1. The Hall–Kier alpha value is -2.46. The summed E-state index contributed by atoms with van der Waals surface area (Å²) in [6, 6.07) is 16.2. The number of fused-ring (bicyclic) bond motifs is 1. The van der Waals surface area contributed by atoms with Gasteiger partial charge in [-0.15, -0.1) is 0 Å². The first-order valence-corrected chi connectivity index (χ1v) is 7.01. The summed E-state index contributed by atoms with van der Waals surface area (Å²) >= 11 is 0. The van der Waals surface area contributed by atoms with Gasteiger partial charge in [-0.25, -0.2) is 9.97 Å². The second-order valence-corrected chi connectivity index (χ2v) is 5.02. The molecule has 21 heavy (non-hydrogen) atoms. The van der Waals surface area contributed by atoms with E-state index < -0.39 is 0 Å². The number of aryl methyl sites for hydroxylation is 1. The summed E-state index contributed by atoms with van der Waals surface area (Å²) in [4.78, 5) is 9.20. The van der Waals surface area contributed by atoms with Crippen LogP contribution in [0.15, 0.2) is 48.5 Å². The molecular formula is C17H18N4. The Morgan fingerprint density at radius 1 is 0.905 bits per heavy atom. The molecule has 4 nitrogen and oxygen atoms in total. The van der Waals surface area contributed by atoms with Crippen LogP contribution in [-0.2, 0) is 13.1 Å². The van der Waals surface area contributed by atoms with Crippen molar-refractivity contribution in [2.24, 2.45) is 5.73 Å². The number of nitrogens with two attached hydrogens (primary N) is 1. The molecule has 0 atom stereocenters. The number of nitrogens with one attached hydrogen (secondary N) is 1. The van der Waals surface area contributed by atoms with E-state index in [9.17, 15) is 0 Å². The van der Waals surface area contributed by atoms with Crippen molar-refractivity contribution >= 4 is 16.9 Å². The maximum absolute atomic E-state index is 5.60. The fraction of sp³-hybridized carbons (Fsp3) is 0.176. The van der Waals surface area contributed by atoms with Crippen LogP contribution >= 0.6 is 0 Å². The first-order valence-electron chi connectivity index (χ1n) is 7.01. The number of nitrogens with zero attached hydrogens (tertiary/aromatic N) is 2. The zero-order valence-corrected chi connectivity index (χ0v) is 12.0. The van der Waals surface area contributed by atoms with E-state index in [2.05, 4.69) is 39.6 Å². The largest absolute Gasteiger partial charge is 0.364 e. The number of benzene rings is 2. The molecule has 0 bridgehead atoms. The van der Waals surface area contributed by atoms with E-state index >= 15 is 0 Å². The topological polar surface area (TPSA) is 63.8 Å². The highest BCUT2D eigenvalue weighted by Gasteiger charge is 2.04. The lowest BCUT2D eigenvalue weighted by Crippen LogP contribution is -2.05. The van der Waals surface area contributed by atoms with Crippen LogP contribution < -0.4 is 11.1 Å². The molecule has 1 heterocycles. The molecule has 3 aromatic rings. The van der Waals surface area contributed by atoms with E-state index in [0.29, 0.717) is 6.54 Å². The van der Waals surface area contributed by atoms with Crippen molar-refractivity contribution in [1.29, 1.82) is 0 Å². The maximum atomic E-state index is 5.60. The van der Waals surface area contributed by atoms with Gasteiger partial charge in [-0.1, -0.05) is 36.4 Å². The van der Waals surface area contributed by atoms with Crippen LogP contribution in [0.3, 0.4) is 0 Å². The van der Waals surface area contributed by atoms with Crippen LogP contribution in [-0.4, -0.2) is 9.97 Å². The Balaban J connectivity index is 1.79. The fourth-order valence-corrected chi connectivity index (χ4v) is 2.23. The van der Waals surface area contributed by atoms with Crippen LogP contribution in [0.2, 0.25) is 0 Å². The van der Waals surface area contributed by atoms with Gasteiger partial charge in [-0.05, 0) is 30.2 Å². The molecule has 0 spiro atoms. The molecule has 0 radical (unpaired) electrons. The van der Waals surface area contributed by atoms with Crippen molar-refractivity contribution in [2.75, 3.05) is 5.32 Å². The van der Waals surface area contributed by atoms with Crippen LogP contribution in [0.1, 0.15) is 16.8 Å². The summed E-state index contributed by atoms with van der Waals surface area (Å²) in [5.41, 5.74) is 10.7. The zero-order chi connectivity index (χ0) is 14.7. The van der Waals surface area contributed by atoms with Crippen molar-refractivity contribution in [2.45, 2.75) is 20.0 Å². The highest BCUT2D eigenvalue weighted by Crippen LogP contribution is 2.16. The third-order valence-corrected chi connectivity index (χ3v) is 3.46. The van der Waals surface area contributed by atoms with Gasteiger partial charge < -0.3 is 11.1 Å². The molecule has 0 aliphatic heterocycles. The molecule has 106 valence electrons. The van der Waals surface area contributed by atoms with Gasteiger partial charge in [0.15, 0.2) is 0 Å². The quantitative estimate of drug-likeness (QED) is 0.770. The lowest BCUT2D eigenvalue weighted by Gasteiger charge is -2.09. The lowest BCUT2D eigenvalue weighted by atomic mass is 10.1. The summed E-state index contributed by atoms with van der Waals surface area (Å²) in [5.74, 6) is 0.830. The predicted octanol–water partition coefficient (Wildman–Crippen LogP) is 3.01. The molecule has 0 aliphatic carbocycles. The number of aromatic nitrogens is 2. The minimum absolute atomic E-state index is 0.572. The smallest absolute Gasteiger partial charge is 0.148 e. The van der Waals surface area contributed by atoms with Gasteiger partial charge in [-0.2, -0.15) is 0 Å². The molecule has 2 aromatic carbocycles. The van der Waals surface area contributed by atoms with Gasteiger partial charge in [0.05, 0.1) is 16.7 Å². The molecule has 0 saturated carbocycles. The standard InChI is InChI=1S/C17H18N4/c1-12-17(21-16-5-3-2-4-15(16)20-12)19-11-14-8-6-13(10-18)7-9-14/h2-9H,10-11,18H2,1H3,(H,19,21). The molecule has 3 rings (SSSR count). The summed E-state index contributed by atoms with van der Waals surface area (Å²) in [5, 5.41) is 3.35. The van der Waals surface area contributed by atoms with E-state index in [4.69, 9.17) is 5.73 Å². The molecule has 3 N–H and O–H groups in total. The van der Waals surface area contributed by atoms with E-state index in [1.165, 1.54) is 5.56 Å². The Kier molecular flexibility index (Phi) is 3.79. The second kappa shape index (κ2) is 5.89. The van der Waals surface area contributed by atoms with Gasteiger partial charge in [-0.3, -0.25) is 0 Å². The monoisotopic (exact) mass is 278 g/mol.